The zero-order valence-corrected chi connectivity index (χ0v) is 11.1. The number of carbonyl (C=O) groups excluding carboxylic acids is 1. The van der Waals surface area contributed by atoms with Crippen molar-refractivity contribution in [3.05, 3.63) is 23.8 Å². The highest BCUT2D eigenvalue weighted by Crippen LogP contribution is 2.24. The summed E-state index contributed by atoms with van der Waals surface area (Å²) in [6.45, 7) is 6.47. The molecule has 4 nitrogen and oxygen atoms in total. The lowest BCUT2D eigenvalue weighted by Crippen LogP contribution is -2.33. The number of carbonyl (C=O) groups is 1. The van der Waals surface area contributed by atoms with Gasteiger partial charge in [0.05, 0.1) is 0 Å². The lowest BCUT2D eigenvalue weighted by atomic mass is 9.97. The molecular weight excluding hydrogens is 230 g/mol. The minimum Gasteiger partial charge on any atom is -0.504 e. The fourth-order valence-electron chi connectivity index (χ4n) is 1.52. The van der Waals surface area contributed by atoms with Crippen LogP contribution in [-0.2, 0) is 11.2 Å². The third kappa shape index (κ3) is 3.95. The maximum absolute atomic E-state index is 11.7. The summed E-state index contributed by atoms with van der Waals surface area (Å²) in [6.07, 6.45) is 0.629. The third-order valence-corrected chi connectivity index (χ3v) is 3.17. The largest absolute Gasteiger partial charge is 0.504 e. The Hall–Kier alpha value is -1.71. The van der Waals surface area contributed by atoms with Gasteiger partial charge in [0, 0.05) is 12.5 Å². The predicted molar refractivity (Wildman–Crippen MR) is 70.5 cm³/mol. The molecule has 0 fully saturated rings. The molecule has 0 aliphatic heterocycles. The average molecular weight is 251 g/mol. The maximum Gasteiger partial charge on any atom is 0.223 e. The van der Waals surface area contributed by atoms with Crippen LogP contribution in [0.3, 0.4) is 0 Å². The smallest absolute Gasteiger partial charge is 0.223 e. The summed E-state index contributed by atoms with van der Waals surface area (Å²) in [6, 6.07) is 4.68. The van der Waals surface area contributed by atoms with Crippen molar-refractivity contribution in [1.29, 1.82) is 0 Å². The Morgan fingerprint density at radius 2 is 1.89 bits per heavy atom. The quantitative estimate of drug-likeness (QED) is 0.701. The van der Waals surface area contributed by atoms with Crippen molar-refractivity contribution < 1.29 is 15.0 Å². The van der Waals surface area contributed by atoms with E-state index in [1.807, 2.05) is 20.8 Å². The van der Waals surface area contributed by atoms with Gasteiger partial charge >= 0.3 is 0 Å². The van der Waals surface area contributed by atoms with Crippen molar-refractivity contribution in [3.8, 4) is 11.5 Å². The summed E-state index contributed by atoms with van der Waals surface area (Å²) < 4.78 is 0. The molecule has 1 rings (SSSR count). The van der Waals surface area contributed by atoms with E-state index in [-0.39, 0.29) is 23.3 Å². The molecule has 18 heavy (non-hydrogen) atoms. The molecule has 1 amide bonds. The van der Waals surface area contributed by atoms with Crippen molar-refractivity contribution in [2.45, 2.75) is 27.2 Å². The lowest BCUT2D eigenvalue weighted by molar-refractivity contribution is -0.125. The molecule has 0 aliphatic rings. The number of nitrogens with one attached hydrogen (secondary N) is 1. The van der Waals surface area contributed by atoms with E-state index in [0.29, 0.717) is 18.9 Å². The Balaban J connectivity index is 2.42. The number of hydrogen-bond acceptors (Lipinski definition) is 3. The van der Waals surface area contributed by atoms with Crippen molar-refractivity contribution in [3.63, 3.8) is 0 Å². The second-order valence-corrected chi connectivity index (χ2v) is 4.90. The van der Waals surface area contributed by atoms with Crippen LogP contribution in [0.5, 0.6) is 11.5 Å². The van der Waals surface area contributed by atoms with Crippen LogP contribution in [0.25, 0.3) is 0 Å². The van der Waals surface area contributed by atoms with E-state index in [4.69, 9.17) is 0 Å². The molecule has 0 spiro atoms. The van der Waals surface area contributed by atoms with Crippen LogP contribution in [0, 0.1) is 11.8 Å². The van der Waals surface area contributed by atoms with Crippen LogP contribution in [-0.4, -0.2) is 22.7 Å². The summed E-state index contributed by atoms with van der Waals surface area (Å²) in [4.78, 5) is 11.7. The highest BCUT2D eigenvalue weighted by molar-refractivity contribution is 5.78. The van der Waals surface area contributed by atoms with E-state index in [1.165, 1.54) is 12.1 Å². The van der Waals surface area contributed by atoms with Gasteiger partial charge in [-0.05, 0) is 30.0 Å². The zero-order valence-electron chi connectivity index (χ0n) is 11.1. The van der Waals surface area contributed by atoms with E-state index < -0.39 is 0 Å². The van der Waals surface area contributed by atoms with Gasteiger partial charge < -0.3 is 15.5 Å². The molecule has 1 atom stereocenters. The first-order valence-electron chi connectivity index (χ1n) is 6.20. The summed E-state index contributed by atoms with van der Waals surface area (Å²) in [5.74, 6) is 0.111. The standard InChI is InChI=1S/C14H21NO3/c1-9(2)10(3)14(18)15-7-6-11-4-5-12(16)13(17)8-11/h4-5,8-10,16-17H,6-7H2,1-3H3,(H,15,18). The summed E-state index contributed by atoms with van der Waals surface area (Å²) in [5, 5.41) is 21.4. The van der Waals surface area contributed by atoms with E-state index in [0.717, 1.165) is 5.56 Å². The minimum absolute atomic E-state index is 0.00165. The SMILES string of the molecule is CC(C)C(C)C(=O)NCCc1ccc(O)c(O)c1. The fraction of sp³-hybridized carbons (Fsp3) is 0.500. The molecule has 0 aromatic heterocycles. The first kappa shape index (κ1) is 14.4. The van der Waals surface area contributed by atoms with Gasteiger partial charge in [-0.2, -0.15) is 0 Å². The average Bonchev–Trinajstić information content (AvgIpc) is 2.32. The van der Waals surface area contributed by atoms with Crippen molar-refractivity contribution in [2.24, 2.45) is 11.8 Å². The van der Waals surface area contributed by atoms with Gasteiger partial charge in [0.15, 0.2) is 11.5 Å². The van der Waals surface area contributed by atoms with E-state index in [1.54, 1.807) is 6.07 Å². The van der Waals surface area contributed by atoms with E-state index in [2.05, 4.69) is 5.32 Å². The van der Waals surface area contributed by atoms with Crippen molar-refractivity contribution in [2.75, 3.05) is 6.54 Å². The summed E-state index contributed by atoms with van der Waals surface area (Å²) in [7, 11) is 0. The van der Waals surface area contributed by atoms with Gasteiger partial charge in [-0.15, -0.1) is 0 Å². The Bertz CT molecular complexity index is 416. The first-order chi connectivity index (χ1) is 8.41. The molecular formula is C14H21NO3. The van der Waals surface area contributed by atoms with Crippen LogP contribution >= 0.6 is 0 Å². The van der Waals surface area contributed by atoms with Gasteiger partial charge in [0.1, 0.15) is 0 Å². The van der Waals surface area contributed by atoms with E-state index in [9.17, 15) is 15.0 Å². The van der Waals surface area contributed by atoms with Gasteiger partial charge in [-0.3, -0.25) is 4.79 Å². The number of benzene rings is 1. The number of amides is 1. The highest BCUT2D eigenvalue weighted by atomic mass is 16.3. The molecule has 0 aliphatic carbocycles. The van der Waals surface area contributed by atoms with Gasteiger partial charge in [0.2, 0.25) is 5.91 Å². The molecule has 0 heterocycles. The molecule has 1 aromatic carbocycles. The Labute approximate surface area is 108 Å². The van der Waals surface area contributed by atoms with Gasteiger partial charge in [0.25, 0.3) is 0 Å². The molecule has 3 N–H and O–H groups in total. The van der Waals surface area contributed by atoms with Crippen LogP contribution in [0.15, 0.2) is 18.2 Å². The fourth-order valence-corrected chi connectivity index (χ4v) is 1.52. The molecule has 0 bridgehead atoms. The van der Waals surface area contributed by atoms with E-state index >= 15 is 0 Å². The maximum atomic E-state index is 11.7. The van der Waals surface area contributed by atoms with Crippen molar-refractivity contribution >= 4 is 5.91 Å². The van der Waals surface area contributed by atoms with Crippen LogP contribution in [0.1, 0.15) is 26.3 Å². The van der Waals surface area contributed by atoms with Crippen LogP contribution < -0.4 is 5.32 Å². The number of hydrogen-bond donors (Lipinski definition) is 3. The first-order valence-corrected chi connectivity index (χ1v) is 6.20. The monoisotopic (exact) mass is 251 g/mol. The zero-order chi connectivity index (χ0) is 13.7. The van der Waals surface area contributed by atoms with Crippen LogP contribution in [0.2, 0.25) is 0 Å². The number of aromatic hydroxyl groups is 2. The molecule has 0 radical (unpaired) electrons. The molecule has 0 saturated heterocycles. The molecule has 1 aromatic rings. The normalized spacial score (nSPS) is 12.4. The number of phenolic OH excluding ortho intramolecular Hbond substituents is 2. The van der Waals surface area contributed by atoms with Crippen LogP contribution in [0.4, 0.5) is 0 Å². The third-order valence-electron chi connectivity index (χ3n) is 3.17. The molecule has 0 saturated carbocycles. The number of rotatable bonds is 5. The second-order valence-electron chi connectivity index (χ2n) is 4.90. The Morgan fingerprint density at radius 3 is 2.44 bits per heavy atom. The topological polar surface area (TPSA) is 69.6 Å². The highest BCUT2D eigenvalue weighted by Gasteiger charge is 2.15. The molecule has 100 valence electrons. The molecule has 4 heteroatoms. The van der Waals surface area contributed by atoms with Gasteiger partial charge in [-0.1, -0.05) is 26.8 Å². The summed E-state index contributed by atoms with van der Waals surface area (Å²) >= 11 is 0. The Kier molecular flexibility index (Phi) is 5.01. The second kappa shape index (κ2) is 6.28. The Morgan fingerprint density at radius 1 is 1.22 bits per heavy atom. The number of phenols is 2. The molecule has 1 unspecified atom stereocenters. The summed E-state index contributed by atoms with van der Waals surface area (Å²) in [5.41, 5.74) is 0.878. The predicted octanol–water partition coefficient (Wildman–Crippen LogP) is 2.05. The minimum atomic E-state index is -0.130. The van der Waals surface area contributed by atoms with Crippen molar-refractivity contribution in [1.82, 2.24) is 5.32 Å². The van der Waals surface area contributed by atoms with Gasteiger partial charge in [-0.25, -0.2) is 0 Å². The lowest BCUT2D eigenvalue weighted by Gasteiger charge is -2.15.